The monoisotopic (exact) mass is 264 g/mol. The number of benzene rings is 1. The van der Waals surface area contributed by atoms with Crippen molar-refractivity contribution >= 4 is 5.91 Å². The highest BCUT2D eigenvalue weighted by Gasteiger charge is 2.19. The first-order valence-corrected chi connectivity index (χ1v) is 6.79. The third kappa shape index (κ3) is 4.24. The number of carbonyl (C=O) groups is 1. The number of nitrogens with one attached hydrogen (secondary N) is 1. The van der Waals surface area contributed by atoms with Crippen molar-refractivity contribution in [2.45, 2.75) is 33.7 Å². The second-order valence-electron chi connectivity index (χ2n) is 4.75. The summed E-state index contributed by atoms with van der Waals surface area (Å²) < 4.78 is 0. The normalized spacial score (nSPS) is 12.5. The molecule has 0 radical (unpaired) electrons. The van der Waals surface area contributed by atoms with E-state index in [2.05, 4.69) is 5.32 Å². The van der Waals surface area contributed by atoms with Crippen molar-refractivity contribution in [2.24, 2.45) is 0 Å². The second-order valence-corrected chi connectivity index (χ2v) is 4.75. The van der Waals surface area contributed by atoms with Crippen molar-refractivity contribution in [3.8, 4) is 5.75 Å². The molecule has 4 heteroatoms. The van der Waals surface area contributed by atoms with Gasteiger partial charge in [0.2, 0.25) is 5.91 Å². The topological polar surface area (TPSA) is 52.6 Å². The molecule has 19 heavy (non-hydrogen) atoms. The third-order valence-electron chi connectivity index (χ3n) is 3.31. The molecule has 4 nitrogen and oxygen atoms in total. The molecule has 0 aliphatic rings. The number of hydrogen-bond acceptors (Lipinski definition) is 3. The molecule has 0 aliphatic carbocycles. The molecule has 2 N–H and O–H groups in total. The molecule has 1 amide bonds. The molecule has 0 spiro atoms. The molecule has 106 valence electrons. The summed E-state index contributed by atoms with van der Waals surface area (Å²) in [6, 6.07) is 5.57. The Morgan fingerprint density at radius 2 is 2.11 bits per heavy atom. The quantitative estimate of drug-likeness (QED) is 0.828. The largest absolute Gasteiger partial charge is 0.508 e. The standard InChI is InChI=1S/C15H24N2O2/c1-5-16-15(19)10-17(6-2)12(4)13-9-11(3)7-8-14(13)18/h7-9,12,18H,5-6,10H2,1-4H3,(H,16,19). The number of rotatable bonds is 6. The van der Waals surface area contributed by atoms with E-state index in [1.807, 2.05) is 44.7 Å². The van der Waals surface area contributed by atoms with Gasteiger partial charge in [-0.2, -0.15) is 0 Å². The number of nitrogens with zero attached hydrogens (tertiary/aromatic N) is 1. The van der Waals surface area contributed by atoms with Crippen molar-refractivity contribution in [1.82, 2.24) is 10.2 Å². The van der Waals surface area contributed by atoms with E-state index in [9.17, 15) is 9.90 Å². The fraction of sp³-hybridized carbons (Fsp3) is 0.533. The van der Waals surface area contributed by atoms with Crippen LogP contribution in [0.4, 0.5) is 0 Å². The summed E-state index contributed by atoms with van der Waals surface area (Å²) in [5.41, 5.74) is 1.97. The molecule has 1 aromatic carbocycles. The van der Waals surface area contributed by atoms with Gasteiger partial charge in [-0.05, 0) is 33.4 Å². The number of hydrogen-bond donors (Lipinski definition) is 2. The Labute approximate surface area is 115 Å². The van der Waals surface area contributed by atoms with Crippen molar-refractivity contribution < 1.29 is 9.90 Å². The lowest BCUT2D eigenvalue weighted by atomic mass is 10.0. The van der Waals surface area contributed by atoms with Crippen molar-refractivity contribution in [3.63, 3.8) is 0 Å². The van der Waals surface area contributed by atoms with Gasteiger partial charge in [-0.15, -0.1) is 0 Å². The third-order valence-corrected chi connectivity index (χ3v) is 3.31. The maximum Gasteiger partial charge on any atom is 0.234 e. The Morgan fingerprint density at radius 1 is 1.42 bits per heavy atom. The van der Waals surface area contributed by atoms with Crippen LogP contribution in [-0.4, -0.2) is 35.5 Å². The van der Waals surface area contributed by atoms with Crippen molar-refractivity contribution in [3.05, 3.63) is 29.3 Å². The van der Waals surface area contributed by atoms with Gasteiger partial charge in [0, 0.05) is 18.2 Å². The number of aromatic hydroxyl groups is 1. The fourth-order valence-corrected chi connectivity index (χ4v) is 2.17. The van der Waals surface area contributed by atoms with Crippen LogP contribution in [0.15, 0.2) is 18.2 Å². The Morgan fingerprint density at radius 3 is 2.68 bits per heavy atom. The highest BCUT2D eigenvalue weighted by molar-refractivity contribution is 5.78. The first-order valence-electron chi connectivity index (χ1n) is 6.79. The van der Waals surface area contributed by atoms with Crippen LogP contribution in [0.1, 0.15) is 37.9 Å². The predicted octanol–water partition coefficient (Wildman–Crippen LogP) is 2.22. The van der Waals surface area contributed by atoms with Gasteiger partial charge in [-0.25, -0.2) is 0 Å². The van der Waals surface area contributed by atoms with Gasteiger partial charge in [-0.3, -0.25) is 9.69 Å². The molecule has 0 bridgehead atoms. The Hall–Kier alpha value is -1.55. The average Bonchev–Trinajstić information content (AvgIpc) is 2.38. The van der Waals surface area contributed by atoms with E-state index in [0.29, 0.717) is 13.1 Å². The molecular weight excluding hydrogens is 240 g/mol. The fourth-order valence-electron chi connectivity index (χ4n) is 2.17. The Balaban J connectivity index is 2.85. The molecule has 0 heterocycles. The summed E-state index contributed by atoms with van der Waals surface area (Å²) in [6.45, 7) is 9.67. The summed E-state index contributed by atoms with van der Waals surface area (Å²) in [6.07, 6.45) is 0. The van der Waals surface area contributed by atoms with Crippen LogP contribution in [0, 0.1) is 6.92 Å². The van der Waals surface area contributed by atoms with Crippen LogP contribution < -0.4 is 5.32 Å². The maximum atomic E-state index is 11.7. The lowest BCUT2D eigenvalue weighted by Crippen LogP contribution is -2.38. The summed E-state index contributed by atoms with van der Waals surface area (Å²) in [7, 11) is 0. The van der Waals surface area contributed by atoms with Gasteiger partial charge in [-0.1, -0.05) is 24.6 Å². The summed E-state index contributed by atoms with van der Waals surface area (Å²) in [5.74, 6) is 0.302. The second kappa shape index (κ2) is 7.14. The number of aryl methyl sites for hydroxylation is 1. The van der Waals surface area contributed by atoms with Crippen molar-refractivity contribution in [2.75, 3.05) is 19.6 Å². The Bertz CT molecular complexity index is 432. The molecule has 0 aromatic heterocycles. The van der Waals surface area contributed by atoms with Crippen LogP contribution in [0.3, 0.4) is 0 Å². The minimum Gasteiger partial charge on any atom is -0.508 e. The Kier molecular flexibility index (Phi) is 5.83. The van der Waals surface area contributed by atoms with E-state index in [4.69, 9.17) is 0 Å². The first-order chi connectivity index (χ1) is 8.99. The highest BCUT2D eigenvalue weighted by atomic mass is 16.3. The van der Waals surface area contributed by atoms with E-state index >= 15 is 0 Å². The van der Waals surface area contributed by atoms with Gasteiger partial charge in [0.25, 0.3) is 0 Å². The molecule has 0 saturated carbocycles. The SMILES string of the molecule is CCNC(=O)CN(CC)C(C)c1cc(C)ccc1O. The van der Waals surface area contributed by atoms with E-state index in [-0.39, 0.29) is 17.7 Å². The van der Waals surface area contributed by atoms with Gasteiger partial charge in [0.05, 0.1) is 6.54 Å². The van der Waals surface area contributed by atoms with Crippen LogP contribution in [-0.2, 0) is 4.79 Å². The van der Waals surface area contributed by atoms with E-state index in [0.717, 1.165) is 17.7 Å². The number of likely N-dealkylation sites (N-methyl/N-ethyl adjacent to an activating group) is 2. The summed E-state index contributed by atoms with van der Waals surface area (Å²) in [5, 5.41) is 12.8. The molecule has 1 aromatic rings. The molecule has 1 rings (SSSR count). The first kappa shape index (κ1) is 15.5. The van der Waals surface area contributed by atoms with E-state index < -0.39 is 0 Å². The predicted molar refractivity (Wildman–Crippen MR) is 77.2 cm³/mol. The molecular formula is C15H24N2O2. The zero-order valence-electron chi connectivity index (χ0n) is 12.2. The zero-order valence-corrected chi connectivity index (χ0v) is 12.2. The van der Waals surface area contributed by atoms with Crippen LogP contribution >= 0.6 is 0 Å². The molecule has 0 fully saturated rings. The summed E-state index contributed by atoms with van der Waals surface area (Å²) >= 11 is 0. The number of carbonyl (C=O) groups excluding carboxylic acids is 1. The van der Waals surface area contributed by atoms with Gasteiger partial charge >= 0.3 is 0 Å². The van der Waals surface area contributed by atoms with Crippen molar-refractivity contribution in [1.29, 1.82) is 0 Å². The lowest BCUT2D eigenvalue weighted by Gasteiger charge is -2.28. The average molecular weight is 264 g/mol. The van der Waals surface area contributed by atoms with Gasteiger partial charge < -0.3 is 10.4 Å². The summed E-state index contributed by atoms with van der Waals surface area (Å²) in [4.78, 5) is 13.7. The highest BCUT2D eigenvalue weighted by Crippen LogP contribution is 2.28. The van der Waals surface area contributed by atoms with E-state index in [1.165, 1.54) is 0 Å². The van der Waals surface area contributed by atoms with Crippen LogP contribution in [0.25, 0.3) is 0 Å². The van der Waals surface area contributed by atoms with E-state index in [1.54, 1.807) is 6.07 Å². The van der Waals surface area contributed by atoms with Gasteiger partial charge in [0.1, 0.15) is 5.75 Å². The maximum absolute atomic E-state index is 11.7. The molecule has 1 atom stereocenters. The van der Waals surface area contributed by atoms with Crippen LogP contribution in [0.2, 0.25) is 0 Å². The molecule has 0 saturated heterocycles. The number of phenolic OH excluding ortho intramolecular Hbond substituents is 1. The van der Waals surface area contributed by atoms with Crippen LogP contribution in [0.5, 0.6) is 5.75 Å². The molecule has 1 unspecified atom stereocenters. The lowest BCUT2D eigenvalue weighted by molar-refractivity contribution is -0.122. The number of amides is 1. The minimum atomic E-state index is 0.00695. The zero-order chi connectivity index (χ0) is 14.4. The smallest absolute Gasteiger partial charge is 0.234 e. The van der Waals surface area contributed by atoms with Gasteiger partial charge in [0.15, 0.2) is 0 Å². The molecule has 0 aliphatic heterocycles. The minimum absolute atomic E-state index is 0.00695. The number of phenols is 1.